The summed E-state index contributed by atoms with van der Waals surface area (Å²) in [6.07, 6.45) is 2.62. The molecule has 3 aromatic carbocycles. The maximum Gasteiger partial charge on any atom is 0.242 e. The van der Waals surface area contributed by atoms with Crippen molar-refractivity contribution in [2.75, 3.05) is 36.8 Å². The Morgan fingerprint density at radius 3 is 2.45 bits per heavy atom. The number of nitrogens with zero attached hydrogens (tertiary/aromatic N) is 3. The SMILES string of the molecule is CS(=O)(=O)N1CC2(CCN(C(=O)C(COCc3ccccc3)NCc3cccc(C#N)c3)CC2)c2ccccc21. The highest BCUT2D eigenvalue weighted by Crippen LogP contribution is 2.47. The van der Waals surface area contributed by atoms with Gasteiger partial charge in [0.05, 0.1) is 36.8 Å². The van der Waals surface area contributed by atoms with E-state index in [2.05, 4.69) is 11.4 Å². The summed E-state index contributed by atoms with van der Waals surface area (Å²) in [7, 11) is -3.40. The van der Waals surface area contributed by atoms with Gasteiger partial charge in [0, 0.05) is 31.6 Å². The van der Waals surface area contributed by atoms with Crippen LogP contribution in [0.25, 0.3) is 0 Å². The summed E-state index contributed by atoms with van der Waals surface area (Å²) in [6.45, 7) is 2.51. The number of para-hydroxylation sites is 1. The number of rotatable bonds is 9. The lowest BCUT2D eigenvalue weighted by molar-refractivity contribution is -0.136. The van der Waals surface area contributed by atoms with Crippen LogP contribution in [0.2, 0.25) is 0 Å². The zero-order valence-corrected chi connectivity index (χ0v) is 23.4. The number of nitriles is 1. The minimum Gasteiger partial charge on any atom is -0.375 e. The average molecular weight is 559 g/mol. The molecule has 0 radical (unpaired) electrons. The fraction of sp³-hybridized carbons (Fsp3) is 0.355. The van der Waals surface area contributed by atoms with Crippen molar-refractivity contribution in [1.29, 1.82) is 5.26 Å². The molecule has 40 heavy (non-hydrogen) atoms. The van der Waals surface area contributed by atoms with Crippen LogP contribution in [0.4, 0.5) is 5.69 Å². The lowest BCUT2D eigenvalue weighted by Crippen LogP contribution is -2.54. The summed E-state index contributed by atoms with van der Waals surface area (Å²) >= 11 is 0. The first-order chi connectivity index (χ1) is 19.3. The van der Waals surface area contributed by atoms with E-state index in [4.69, 9.17) is 4.74 Å². The average Bonchev–Trinajstić information content (AvgIpc) is 3.30. The third-order valence-corrected chi connectivity index (χ3v) is 9.05. The first-order valence-electron chi connectivity index (χ1n) is 13.5. The Hall–Kier alpha value is -3.71. The van der Waals surface area contributed by atoms with Gasteiger partial charge in [-0.25, -0.2) is 8.42 Å². The topological polar surface area (TPSA) is 103 Å². The van der Waals surface area contributed by atoms with Crippen LogP contribution in [0.1, 0.15) is 35.1 Å². The van der Waals surface area contributed by atoms with E-state index in [1.807, 2.05) is 77.7 Å². The molecule has 1 atom stereocenters. The minimum atomic E-state index is -3.40. The van der Waals surface area contributed by atoms with E-state index in [9.17, 15) is 18.5 Å². The molecule has 208 valence electrons. The summed E-state index contributed by atoms with van der Waals surface area (Å²) in [5.41, 5.74) is 4.01. The molecule has 0 aliphatic carbocycles. The van der Waals surface area contributed by atoms with Gasteiger partial charge in [-0.3, -0.25) is 14.4 Å². The number of nitrogens with one attached hydrogen (secondary N) is 1. The largest absolute Gasteiger partial charge is 0.375 e. The van der Waals surface area contributed by atoms with Crippen molar-refractivity contribution in [2.24, 2.45) is 0 Å². The van der Waals surface area contributed by atoms with Crippen LogP contribution in [0, 0.1) is 11.3 Å². The number of fused-ring (bicyclic) bond motifs is 2. The Labute approximate surface area is 236 Å². The first-order valence-corrected chi connectivity index (χ1v) is 15.3. The lowest BCUT2D eigenvalue weighted by atomic mass is 9.74. The van der Waals surface area contributed by atoms with Crippen molar-refractivity contribution in [1.82, 2.24) is 10.2 Å². The summed E-state index contributed by atoms with van der Waals surface area (Å²) < 4.78 is 32.6. The number of hydrogen-bond donors (Lipinski definition) is 1. The van der Waals surface area contributed by atoms with Crippen LogP contribution in [0.5, 0.6) is 0 Å². The van der Waals surface area contributed by atoms with Gasteiger partial charge >= 0.3 is 0 Å². The van der Waals surface area contributed by atoms with Crippen LogP contribution in [0.3, 0.4) is 0 Å². The van der Waals surface area contributed by atoms with E-state index >= 15 is 0 Å². The summed E-state index contributed by atoms with van der Waals surface area (Å²) in [4.78, 5) is 15.6. The van der Waals surface area contributed by atoms with Gasteiger partial charge in [-0.1, -0.05) is 60.7 Å². The number of hydrogen-bond acceptors (Lipinski definition) is 6. The highest BCUT2D eigenvalue weighted by atomic mass is 32.2. The number of carbonyl (C=O) groups is 1. The number of sulfonamides is 1. The van der Waals surface area contributed by atoms with Gasteiger partial charge in [-0.05, 0) is 47.7 Å². The van der Waals surface area contributed by atoms with Gasteiger partial charge in [-0.2, -0.15) is 5.26 Å². The Morgan fingerprint density at radius 2 is 1.73 bits per heavy atom. The maximum atomic E-state index is 13.8. The van der Waals surface area contributed by atoms with Gasteiger partial charge < -0.3 is 9.64 Å². The second-order valence-electron chi connectivity index (χ2n) is 10.6. The standard InChI is InChI=1S/C31H34N4O4S/c1-40(37,38)35-23-31(27-12-5-6-13-29(27)35)14-16-34(17-15-31)30(36)28(22-39-21-24-8-3-2-4-9-24)33-20-26-11-7-10-25(18-26)19-32/h2-13,18,28,33H,14-17,20-23H2,1H3. The van der Waals surface area contributed by atoms with Gasteiger partial charge in [0.2, 0.25) is 15.9 Å². The van der Waals surface area contributed by atoms with E-state index < -0.39 is 16.1 Å². The number of likely N-dealkylation sites (tertiary alicyclic amines) is 1. The molecule has 1 spiro atoms. The smallest absolute Gasteiger partial charge is 0.242 e. The Morgan fingerprint density at radius 1 is 1.02 bits per heavy atom. The van der Waals surface area contributed by atoms with Crippen LogP contribution < -0.4 is 9.62 Å². The number of ether oxygens (including phenoxy) is 1. The molecule has 9 heteroatoms. The number of carbonyl (C=O) groups excluding carboxylic acids is 1. The fourth-order valence-corrected chi connectivity index (χ4v) is 6.76. The number of piperidine rings is 1. The highest BCUT2D eigenvalue weighted by Gasteiger charge is 2.47. The molecule has 2 aliphatic heterocycles. The predicted molar refractivity (Wildman–Crippen MR) is 154 cm³/mol. The molecule has 1 saturated heterocycles. The van der Waals surface area contributed by atoms with E-state index in [1.165, 1.54) is 10.6 Å². The van der Waals surface area contributed by atoms with Crippen LogP contribution >= 0.6 is 0 Å². The van der Waals surface area contributed by atoms with Crippen LogP contribution in [-0.2, 0) is 38.1 Å². The minimum absolute atomic E-state index is 0.0365. The van der Waals surface area contributed by atoms with Crippen molar-refractivity contribution in [2.45, 2.75) is 37.5 Å². The lowest BCUT2D eigenvalue weighted by Gasteiger charge is -2.41. The van der Waals surface area contributed by atoms with Crippen LogP contribution in [0.15, 0.2) is 78.9 Å². The van der Waals surface area contributed by atoms with E-state index in [0.717, 1.165) is 22.4 Å². The molecule has 0 aromatic heterocycles. The van der Waals surface area contributed by atoms with E-state index in [1.54, 1.807) is 6.07 Å². The molecule has 1 amide bonds. The Kier molecular flexibility index (Phi) is 8.22. The molecule has 1 fully saturated rings. The van der Waals surface area contributed by atoms with Crippen LogP contribution in [-0.4, -0.2) is 57.8 Å². The zero-order chi connectivity index (χ0) is 28.2. The molecular formula is C31H34N4O4S. The Balaban J connectivity index is 1.28. The second kappa shape index (κ2) is 11.8. The molecule has 2 aliphatic rings. The summed E-state index contributed by atoms with van der Waals surface area (Å²) in [6, 6.07) is 26.5. The van der Waals surface area contributed by atoms with Crippen molar-refractivity contribution in [3.05, 3.63) is 101 Å². The van der Waals surface area contributed by atoms with Crippen molar-refractivity contribution >= 4 is 21.6 Å². The zero-order valence-electron chi connectivity index (χ0n) is 22.6. The first kappa shape index (κ1) is 27.8. The third kappa shape index (κ3) is 6.04. The maximum absolute atomic E-state index is 13.8. The summed E-state index contributed by atoms with van der Waals surface area (Å²) in [5, 5.41) is 12.6. The quantitative estimate of drug-likeness (QED) is 0.431. The number of anilines is 1. The number of benzene rings is 3. The van der Waals surface area contributed by atoms with Crippen molar-refractivity contribution < 1.29 is 17.9 Å². The molecule has 2 heterocycles. The molecule has 1 unspecified atom stereocenters. The highest BCUT2D eigenvalue weighted by molar-refractivity contribution is 7.92. The second-order valence-corrected chi connectivity index (χ2v) is 12.5. The Bertz CT molecular complexity index is 1490. The monoisotopic (exact) mass is 558 g/mol. The summed E-state index contributed by atoms with van der Waals surface area (Å²) in [5.74, 6) is -0.0365. The molecule has 8 nitrogen and oxygen atoms in total. The van der Waals surface area contributed by atoms with Gasteiger partial charge in [0.15, 0.2) is 0 Å². The van der Waals surface area contributed by atoms with E-state index in [0.29, 0.717) is 51.2 Å². The molecule has 5 rings (SSSR count). The normalized spacial score (nSPS) is 16.9. The molecular weight excluding hydrogens is 524 g/mol. The van der Waals surface area contributed by atoms with Gasteiger partial charge in [-0.15, -0.1) is 0 Å². The number of amides is 1. The fourth-order valence-electron chi connectivity index (χ4n) is 5.76. The molecule has 0 bridgehead atoms. The predicted octanol–water partition coefficient (Wildman–Crippen LogP) is 3.57. The van der Waals surface area contributed by atoms with Gasteiger partial charge in [0.1, 0.15) is 6.04 Å². The molecule has 1 N–H and O–H groups in total. The van der Waals surface area contributed by atoms with Gasteiger partial charge in [0.25, 0.3) is 0 Å². The van der Waals surface area contributed by atoms with E-state index in [-0.39, 0.29) is 17.9 Å². The molecule has 3 aromatic rings. The molecule has 0 saturated carbocycles. The van der Waals surface area contributed by atoms with Crippen molar-refractivity contribution in [3.8, 4) is 6.07 Å². The third-order valence-electron chi connectivity index (χ3n) is 7.93. The van der Waals surface area contributed by atoms with Crippen molar-refractivity contribution in [3.63, 3.8) is 0 Å².